The van der Waals surface area contributed by atoms with Gasteiger partial charge in [0.15, 0.2) is 0 Å². The first-order valence-corrected chi connectivity index (χ1v) is 9.51. The summed E-state index contributed by atoms with van der Waals surface area (Å²) in [5.74, 6) is 0.144. The zero-order valence-electron chi connectivity index (χ0n) is 16.7. The van der Waals surface area contributed by atoms with Crippen molar-refractivity contribution in [2.45, 2.75) is 27.2 Å². The number of halogens is 1. The Morgan fingerprint density at radius 1 is 0.966 bits per heavy atom. The lowest BCUT2D eigenvalue weighted by atomic mass is 10.0. The summed E-state index contributed by atoms with van der Waals surface area (Å²) < 4.78 is 15.0. The molecule has 1 N–H and O–H groups in total. The summed E-state index contributed by atoms with van der Waals surface area (Å²) in [4.78, 5) is 17.5. The average molecular weight is 387 g/mol. The lowest BCUT2D eigenvalue weighted by Crippen LogP contribution is -2.16. The molecular formula is C24H22FN3O. The van der Waals surface area contributed by atoms with E-state index in [9.17, 15) is 9.18 Å². The standard InChI is InChI=1S/C24H22FN3O/c1-15-8-9-28-21(13-15)26-23(19-11-16(2)10-17(3)12-19)24(28)27-22(29)14-18-4-6-20(25)7-5-18/h4-13H,14H2,1-3H3,(H,27,29). The van der Waals surface area contributed by atoms with Crippen molar-refractivity contribution in [3.05, 3.63) is 88.9 Å². The highest BCUT2D eigenvalue weighted by Crippen LogP contribution is 2.30. The van der Waals surface area contributed by atoms with E-state index in [0.29, 0.717) is 5.82 Å². The van der Waals surface area contributed by atoms with Crippen LogP contribution in [0.5, 0.6) is 0 Å². The van der Waals surface area contributed by atoms with Crippen molar-refractivity contribution in [1.29, 1.82) is 0 Å². The second-order valence-electron chi connectivity index (χ2n) is 7.47. The number of benzene rings is 2. The quantitative estimate of drug-likeness (QED) is 0.520. The fraction of sp³-hybridized carbons (Fsp3) is 0.167. The van der Waals surface area contributed by atoms with Gasteiger partial charge in [-0.05, 0) is 68.3 Å². The smallest absolute Gasteiger partial charge is 0.229 e. The molecular weight excluding hydrogens is 365 g/mol. The lowest BCUT2D eigenvalue weighted by Gasteiger charge is -2.09. The molecule has 0 bridgehead atoms. The van der Waals surface area contributed by atoms with Gasteiger partial charge in [0.1, 0.15) is 23.0 Å². The fourth-order valence-electron chi connectivity index (χ4n) is 3.54. The van der Waals surface area contributed by atoms with Gasteiger partial charge in [-0.1, -0.05) is 29.3 Å². The summed E-state index contributed by atoms with van der Waals surface area (Å²) in [7, 11) is 0. The number of fused-ring (bicyclic) bond motifs is 1. The predicted octanol–water partition coefficient (Wildman–Crippen LogP) is 5.25. The van der Waals surface area contributed by atoms with Crippen LogP contribution in [0.4, 0.5) is 10.2 Å². The minimum absolute atomic E-state index is 0.158. The van der Waals surface area contributed by atoms with Crippen LogP contribution in [0.1, 0.15) is 22.3 Å². The zero-order valence-corrected chi connectivity index (χ0v) is 16.7. The molecule has 29 heavy (non-hydrogen) atoms. The van der Waals surface area contributed by atoms with Gasteiger partial charge in [-0.15, -0.1) is 0 Å². The maximum atomic E-state index is 13.1. The molecule has 1 amide bonds. The number of hydrogen-bond donors (Lipinski definition) is 1. The van der Waals surface area contributed by atoms with E-state index in [-0.39, 0.29) is 18.1 Å². The molecule has 0 aliphatic rings. The van der Waals surface area contributed by atoms with Crippen LogP contribution in [0.25, 0.3) is 16.9 Å². The fourth-order valence-corrected chi connectivity index (χ4v) is 3.54. The van der Waals surface area contributed by atoms with Crippen molar-refractivity contribution in [1.82, 2.24) is 9.38 Å². The molecule has 4 aromatic rings. The molecule has 0 atom stereocenters. The van der Waals surface area contributed by atoms with Crippen molar-refractivity contribution < 1.29 is 9.18 Å². The van der Waals surface area contributed by atoms with E-state index >= 15 is 0 Å². The molecule has 4 nitrogen and oxygen atoms in total. The molecule has 0 unspecified atom stereocenters. The number of carbonyl (C=O) groups excluding carboxylic acids is 1. The van der Waals surface area contributed by atoms with Crippen LogP contribution in [-0.2, 0) is 11.2 Å². The molecule has 0 saturated carbocycles. The van der Waals surface area contributed by atoms with Gasteiger partial charge in [-0.2, -0.15) is 0 Å². The number of anilines is 1. The van der Waals surface area contributed by atoms with E-state index in [0.717, 1.165) is 39.2 Å². The summed E-state index contributed by atoms with van der Waals surface area (Å²) in [5.41, 5.74) is 6.58. The van der Waals surface area contributed by atoms with Gasteiger partial charge in [0.2, 0.25) is 5.91 Å². The van der Waals surface area contributed by atoms with E-state index in [1.807, 2.05) is 43.5 Å². The molecule has 146 valence electrons. The van der Waals surface area contributed by atoms with Gasteiger partial charge in [0.25, 0.3) is 0 Å². The SMILES string of the molecule is Cc1cc(C)cc(-c2nc3cc(C)ccn3c2NC(=O)Cc2ccc(F)cc2)c1. The van der Waals surface area contributed by atoms with Gasteiger partial charge < -0.3 is 5.32 Å². The van der Waals surface area contributed by atoms with Crippen LogP contribution in [0, 0.1) is 26.6 Å². The Hall–Kier alpha value is -3.47. The Labute approximate surface area is 169 Å². The van der Waals surface area contributed by atoms with Gasteiger partial charge in [-0.3, -0.25) is 9.20 Å². The third-order valence-electron chi connectivity index (χ3n) is 4.81. The van der Waals surface area contributed by atoms with Gasteiger partial charge >= 0.3 is 0 Å². The van der Waals surface area contributed by atoms with Crippen LogP contribution in [0.15, 0.2) is 60.8 Å². The topological polar surface area (TPSA) is 46.4 Å². The van der Waals surface area contributed by atoms with Crippen molar-refractivity contribution >= 4 is 17.4 Å². The minimum atomic E-state index is -0.316. The Balaban J connectivity index is 1.75. The maximum absolute atomic E-state index is 13.1. The molecule has 0 saturated heterocycles. The minimum Gasteiger partial charge on any atom is -0.310 e. The number of pyridine rings is 1. The monoisotopic (exact) mass is 387 g/mol. The molecule has 5 heteroatoms. The maximum Gasteiger partial charge on any atom is 0.229 e. The molecule has 0 aliphatic carbocycles. The Bertz CT molecular complexity index is 1190. The summed E-state index contributed by atoms with van der Waals surface area (Å²) in [6.07, 6.45) is 2.07. The normalized spacial score (nSPS) is 11.0. The first kappa shape index (κ1) is 18.9. The number of nitrogens with zero attached hydrogens (tertiary/aromatic N) is 2. The average Bonchev–Trinajstić information content (AvgIpc) is 3.00. The van der Waals surface area contributed by atoms with E-state index in [1.54, 1.807) is 12.1 Å². The number of aromatic nitrogens is 2. The highest BCUT2D eigenvalue weighted by Gasteiger charge is 2.17. The summed E-state index contributed by atoms with van der Waals surface area (Å²) in [6, 6.07) is 16.2. The van der Waals surface area contributed by atoms with E-state index in [2.05, 4.69) is 23.5 Å². The van der Waals surface area contributed by atoms with E-state index in [1.165, 1.54) is 12.1 Å². The molecule has 0 spiro atoms. The third-order valence-corrected chi connectivity index (χ3v) is 4.81. The van der Waals surface area contributed by atoms with Crippen LogP contribution in [0.2, 0.25) is 0 Å². The van der Waals surface area contributed by atoms with Crippen molar-refractivity contribution in [2.75, 3.05) is 5.32 Å². The summed E-state index contributed by atoms with van der Waals surface area (Å²) in [6.45, 7) is 6.10. The van der Waals surface area contributed by atoms with Crippen molar-refractivity contribution in [3.8, 4) is 11.3 Å². The van der Waals surface area contributed by atoms with Gasteiger partial charge in [0.05, 0.1) is 6.42 Å². The zero-order chi connectivity index (χ0) is 20.5. The van der Waals surface area contributed by atoms with Crippen molar-refractivity contribution in [2.24, 2.45) is 0 Å². The molecule has 0 fully saturated rings. The second-order valence-corrected chi connectivity index (χ2v) is 7.47. The first-order chi connectivity index (χ1) is 13.9. The van der Waals surface area contributed by atoms with Crippen molar-refractivity contribution in [3.63, 3.8) is 0 Å². The third kappa shape index (κ3) is 4.04. The van der Waals surface area contributed by atoms with Crippen LogP contribution in [0.3, 0.4) is 0 Å². The number of hydrogen-bond acceptors (Lipinski definition) is 2. The first-order valence-electron chi connectivity index (χ1n) is 9.51. The highest BCUT2D eigenvalue weighted by molar-refractivity contribution is 5.95. The Morgan fingerprint density at radius 3 is 2.34 bits per heavy atom. The number of carbonyl (C=O) groups is 1. The molecule has 2 aromatic carbocycles. The van der Waals surface area contributed by atoms with Crippen LogP contribution >= 0.6 is 0 Å². The van der Waals surface area contributed by atoms with Gasteiger partial charge in [-0.25, -0.2) is 9.37 Å². The number of aryl methyl sites for hydroxylation is 3. The summed E-state index contributed by atoms with van der Waals surface area (Å²) >= 11 is 0. The molecule has 0 radical (unpaired) electrons. The molecule has 2 aromatic heterocycles. The number of imidazole rings is 1. The van der Waals surface area contributed by atoms with Gasteiger partial charge in [0, 0.05) is 11.8 Å². The van der Waals surface area contributed by atoms with E-state index in [4.69, 9.17) is 4.98 Å². The molecule has 4 rings (SSSR count). The molecule has 2 heterocycles. The Kier molecular flexibility index (Phi) is 4.89. The number of rotatable bonds is 4. The Morgan fingerprint density at radius 2 is 1.66 bits per heavy atom. The molecule has 0 aliphatic heterocycles. The largest absolute Gasteiger partial charge is 0.310 e. The van der Waals surface area contributed by atoms with Crippen LogP contribution in [-0.4, -0.2) is 15.3 Å². The predicted molar refractivity (Wildman–Crippen MR) is 114 cm³/mol. The lowest BCUT2D eigenvalue weighted by molar-refractivity contribution is -0.115. The highest BCUT2D eigenvalue weighted by atomic mass is 19.1. The summed E-state index contributed by atoms with van der Waals surface area (Å²) in [5, 5.41) is 3.02. The second kappa shape index (κ2) is 7.51. The van der Waals surface area contributed by atoms with E-state index < -0.39 is 0 Å². The number of nitrogens with one attached hydrogen (secondary N) is 1. The number of amides is 1. The van der Waals surface area contributed by atoms with Crippen LogP contribution < -0.4 is 5.32 Å².